The molecule has 0 fully saturated rings. The van der Waals surface area contributed by atoms with Crippen LogP contribution in [0, 0.1) is 0 Å². The predicted octanol–water partition coefficient (Wildman–Crippen LogP) is 1.34. The highest BCUT2D eigenvalue weighted by Gasteiger charge is 2.23. The van der Waals surface area contributed by atoms with Crippen molar-refractivity contribution in [2.75, 3.05) is 0 Å². The molecule has 0 aliphatic carbocycles. The van der Waals surface area contributed by atoms with Crippen molar-refractivity contribution in [1.82, 2.24) is 10.3 Å². The van der Waals surface area contributed by atoms with Crippen LogP contribution in [0.5, 0.6) is 5.75 Å². The molecule has 1 amide bonds. The Morgan fingerprint density at radius 3 is 2.45 bits per heavy atom. The fraction of sp³-hybridized carbons (Fsp3) is 0.0714. The number of carbonyl (C=O) groups is 2. The fourth-order valence-corrected chi connectivity index (χ4v) is 1.72. The van der Waals surface area contributed by atoms with E-state index < -0.39 is 17.9 Å². The van der Waals surface area contributed by atoms with Gasteiger partial charge in [0.25, 0.3) is 5.91 Å². The minimum atomic E-state index is -1.18. The Morgan fingerprint density at radius 2 is 1.85 bits per heavy atom. The monoisotopic (exact) mass is 272 g/mol. The van der Waals surface area contributed by atoms with Gasteiger partial charge in [-0.3, -0.25) is 9.78 Å². The van der Waals surface area contributed by atoms with Crippen LogP contribution in [-0.4, -0.2) is 27.1 Å². The Bertz CT molecular complexity index is 628. The van der Waals surface area contributed by atoms with E-state index in [0.717, 1.165) is 6.20 Å². The van der Waals surface area contributed by atoms with Gasteiger partial charge in [0.15, 0.2) is 6.04 Å². The lowest BCUT2D eigenvalue weighted by Gasteiger charge is -2.15. The Balaban J connectivity index is 2.24. The molecule has 0 saturated carbocycles. The molecule has 1 atom stereocenters. The molecule has 0 radical (unpaired) electrons. The first kappa shape index (κ1) is 13.5. The first-order valence-electron chi connectivity index (χ1n) is 5.81. The number of carbonyl (C=O) groups excluding carboxylic acids is 1. The minimum Gasteiger partial charge on any atom is -0.505 e. The Morgan fingerprint density at radius 1 is 1.15 bits per heavy atom. The normalized spacial score (nSPS) is 11.6. The minimum absolute atomic E-state index is 0.0258. The predicted molar refractivity (Wildman–Crippen MR) is 70.2 cm³/mol. The number of rotatable bonds is 4. The second-order valence-electron chi connectivity index (χ2n) is 4.05. The molecule has 1 aromatic carbocycles. The van der Waals surface area contributed by atoms with Crippen molar-refractivity contribution < 1.29 is 19.8 Å². The lowest BCUT2D eigenvalue weighted by molar-refractivity contribution is -0.139. The number of carboxylic acids is 1. The number of carboxylic acid groups (broad SMARTS) is 1. The van der Waals surface area contributed by atoms with Crippen molar-refractivity contribution in [2.45, 2.75) is 6.04 Å². The Labute approximate surface area is 114 Å². The molecule has 0 saturated heterocycles. The quantitative estimate of drug-likeness (QED) is 0.780. The van der Waals surface area contributed by atoms with Crippen LogP contribution in [0.1, 0.15) is 22.0 Å². The number of aromatic hydroxyl groups is 1. The summed E-state index contributed by atoms with van der Waals surface area (Å²) >= 11 is 0. The van der Waals surface area contributed by atoms with E-state index in [2.05, 4.69) is 10.3 Å². The summed E-state index contributed by atoms with van der Waals surface area (Å²) in [4.78, 5) is 26.9. The zero-order chi connectivity index (χ0) is 14.5. The van der Waals surface area contributed by atoms with Crippen molar-refractivity contribution in [3.8, 4) is 5.75 Å². The topological polar surface area (TPSA) is 99.5 Å². The highest BCUT2D eigenvalue weighted by molar-refractivity contribution is 5.98. The van der Waals surface area contributed by atoms with E-state index in [9.17, 15) is 19.8 Å². The van der Waals surface area contributed by atoms with Gasteiger partial charge < -0.3 is 15.5 Å². The second kappa shape index (κ2) is 5.83. The van der Waals surface area contributed by atoms with Gasteiger partial charge in [-0.1, -0.05) is 30.3 Å². The van der Waals surface area contributed by atoms with Crippen molar-refractivity contribution >= 4 is 11.9 Å². The standard InChI is InChI=1S/C14H12N2O4/c17-11-8-15-7-6-10(11)13(18)16-12(14(19)20)9-4-2-1-3-5-9/h1-8,12,17H,(H,16,18)(H,19,20)/t12-/m1/s1. The first-order valence-corrected chi connectivity index (χ1v) is 5.81. The fourth-order valence-electron chi connectivity index (χ4n) is 1.72. The van der Waals surface area contributed by atoms with Gasteiger partial charge in [0.1, 0.15) is 5.75 Å². The average molecular weight is 272 g/mol. The molecule has 102 valence electrons. The van der Waals surface area contributed by atoms with Crippen LogP contribution in [-0.2, 0) is 4.79 Å². The molecule has 3 N–H and O–H groups in total. The van der Waals surface area contributed by atoms with E-state index >= 15 is 0 Å². The summed E-state index contributed by atoms with van der Waals surface area (Å²) in [5.41, 5.74) is 0.420. The molecule has 6 heteroatoms. The number of nitrogens with zero attached hydrogens (tertiary/aromatic N) is 1. The van der Waals surface area contributed by atoms with Gasteiger partial charge in [0.05, 0.1) is 11.8 Å². The van der Waals surface area contributed by atoms with E-state index in [1.54, 1.807) is 30.3 Å². The molecule has 0 aliphatic rings. The van der Waals surface area contributed by atoms with E-state index in [1.165, 1.54) is 12.3 Å². The SMILES string of the molecule is O=C(N[C@@H](C(=O)O)c1ccccc1)c1ccncc1O. The van der Waals surface area contributed by atoms with Gasteiger partial charge in [0, 0.05) is 6.20 Å². The number of pyridine rings is 1. The van der Waals surface area contributed by atoms with Crippen molar-refractivity contribution in [3.63, 3.8) is 0 Å². The number of amides is 1. The summed E-state index contributed by atoms with van der Waals surface area (Å²) in [6.45, 7) is 0. The maximum absolute atomic E-state index is 12.0. The third-order valence-corrected chi connectivity index (χ3v) is 2.70. The smallest absolute Gasteiger partial charge is 0.330 e. The molecule has 1 heterocycles. The zero-order valence-corrected chi connectivity index (χ0v) is 10.4. The van der Waals surface area contributed by atoms with Crippen LogP contribution in [0.3, 0.4) is 0 Å². The summed E-state index contributed by atoms with van der Waals surface area (Å²) < 4.78 is 0. The van der Waals surface area contributed by atoms with E-state index in [4.69, 9.17) is 0 Å². The molecular formula is C14H12N2O4. The number of nitrogens with one attached hydrogen (secondary N) is 1. The molecule has 20 heavy (non-hydrogen) atoms. The molecule has 1 aromatic heterocycles. The summed E-state index contributed by atoms with van der Waals surface area (Å²) in [5, 5.41) is 21.1. The van der Waals surface area contributed by atoms with Crippen LogP contribution < -0.4 is 5.32 Å². The highest BCUT2D eigenvalue weighted by Crippen LogP contribution is 2.17. The number of hydrogen-bond acceptors (Lipinski definition) is 4. The highest BCUT2D eigenvalue weighted by atomic mass is 16.4. The lowest BCUT2D eigenvalue weighted by Crippen LogP contribution is -2.33. The summed E-state index contributed by atoms with van der Waals surface area (Å²) in [5.74, 6) is -2.17. The van der Waals surface area contributed by atoms with E-state index in [1.807, 2.05) is 0 Å². The van der Waals surface area contributed by atoms with Gasteiger partial charge in [-0.2, -0.15) is 0 Å². The summed E-state index contributed by atoms with van der Waals surface area (Å²) in [7, 11) is 0. The molecule has 2 rings (SSSR count). The first-order chi connectivity index (χ1) is 9.59. The Kier molecular flexibility index (Phi) is 3.95. The summed E-state index contributed by atoms with van der Waals surface area (Å²) in [6, 6.07) is 8.45. The van der Waals surface area contributed by atoms with Gasteiger partial charge in [0.2, 0.25) is 0 Å². The molecule has 6 nitrogen and oxygen atoms in total. The average Bonchev–Trinajstić information content (AvgIpc) is 2.45. The van der Waals surface area contributed by atoms with E-state index in [0.29, 0.717) is 5.56 Å². The third kappa shape index (κ3) is 2.92. The number of benzene rings is 1. The summed E-state index contributed by atoms with van der Waals surface area (Å²) in [6.07, 6.45) is 2.46. The third-order valence-electron chi connectivity index (χ3n) is 2.70. The lowest BCUT2D eigenvalue weighted by atomic mass is 10.1. The number of aromatic nitrogens is 1. The maximum Gasteiger partial charge on any atom is 0.330 e. The zero-order valence-electron chi connectivity index (χ0n) is 10.4. The van der Waals surface area contributed by atoms with Gasteiger partial charge in [-0.15, -0.1) is 0 Å². The molecule has 0 unspecified atom stereocenters. The van der Waals surface area contributed by atoms with Crippen LogP contribution >= 0.6 is 0 Å². The van der Waals surface area contributed by atoms with Crippen LogP contribution in [0.4, 0.5) is 0 Å². The molecule has 2 aromatic rings. The van der Waals surface area contributed by atoms with Crippen LogP contribution in [0.25, 0.3) is 0 Å². The van der Waals surface area contributed by atoms with Gasteiger partial charge >= 0.3 is 5.97 Å². The van der Waals surface area contributed by atoms with Gasteiger partial charge in [-0.25, -0.2) is 4.79 Å². The molecule has 0 spiro atoms. The van der Waals surface area contributed by atoms with Crippen molar-refractivity contribution in [1.29, 1.82) is 0 Å². The van der Waals surface area contributed by atoms with Crippen LogP contribution in [0.2, 0.25) is 0 Å². The maximum atomic E-state index is 12.0. The van der Waals surface area contributed by atoms with E-state index in [-0.39, 0.29) is 11.3 Å². The second-order valence-corrected chi connectivity index (χ2v) is 4.05. The molecule has 0 aliphatic heterocycles. The number of aliphatic carboxylic acids is 1. The van der Waals surface area contributed by atoms with Crippen molar-refractivity contribution in [2.24, 2.45) is 0 Å². The number of hydrogen-bond donors (Lipinski definition) is 3. The molecule has 0 bridgehead atoms. The van der Waals surface area contributed by atoms with Crippen LogP contribution in [0.15, 0.2) is 48.8 Å². The Hall–Kier alpha value is -2.89. The largest absolute Gasteiger partial charge is 0.505 e. The van der Waals surface area contributed by atoms with Gasteiger partial charge in [-0.05, 0) is 11.6 Å². The van der Waals surface area contributed by atoms with Crippen molar-refractivity contribution in [3.05, 3.63) is 59.9 Å². The molecular weight excluding hydrogens is 260 g/mol.